The molecule has 1 aliphatic rings. The smallest absolute Gasteiger partial charge is 0.269 e. The Morgan fingerprint density at radius 3 is 2.58 bits per heavy atom. The van der Waals surface area contributed by atoms with E-state index in [1.165, 1.54) is 17.8 Å². The van der Waals surface area contributed by atoms with Crippen LogP contribution in [0.15, 0.2) is 58.6 Å². The summed E-state index contributed by atoms with van der Waals surface area (Å²) in [6.45, 7) is 2.94. The lowest BCUT2D eigenvalue weighted by Crippen LogP contribution is -2.32. The molecule has 1 amide bonds. The van der Waals surface area contributed by atoms with Crippen LogP contribution in [0.5, 0.6) is 0 Å². The maximum atomic E-state index is 12.6. The van der Waals surface area contributed by atoms with Crippen LogP contribution >= 0.6 is 11.8 Å². The van der Waals surface area contributed by atoms with Crippen LogP contribution < -0.4 is 0 Å². The maximum absolute atomic E-state index is 12.6. The van der Waals surface area contributed by atoms with E-state index >= 15 is 0 Å². The molecule has 8 heteroatoms. The fourth-order valence-electron chi connectivity index (χ4n) is 3.14. The summed E-state index contributed by atoms with van der Waals surface area (Å²) in [5, 5.41) is 0.829. The second-order valence-electron chi connectivity index (χ2n) is 5.85. The Morgan fingerprint density at radius 2 is 1.81 bits per heavy atom. The molecule has 2 aromatic carbocycles. The van der Waals surface area contributed by atoms with E-state index in [2.05, 4.69) is 9.55 Å². The average molecular weight is 387 g/mol. The van der Waals surface area contributed by atoms with Crippen molar-refractivity contribution in [1.29, 1.82) is 0 Å². The molecule has 0 bridgehead atoms. The molecule has 0 aliphatic carbocycles. The van der Waals surface area contributed by atoms with Crippen molar-refractivity contribution in [2.45, 2.75) is 23.5 Å². The van der Waals surface area contributed by atoms with E-state index in [1.807, 2.05) is 31.2 Å². The number of amides is 1. The number of benzene rings is 2. The standard InChI is InChI=1S/C18H17N3O3S2/c1-2-20-15-9-5-4-8-14(15)19-18(20)25-12-11-21-17(22)13-7-3-6-10-16(13)26(21,23)24/h3-10H,2,11-12H2,1H3. The van der Waals surface area contributed by atoms with E-state index in [0.717, 1.165) is 27.0 Å². The molecule has 0 saturated carbocycles. The molecule has 3 aromatic rings. The number of imidazole rings is 1. The predicted octanol–water partition coefficient (Wildman–Crippen LogP) is 2.99. The Morgan fingerprint density at radius 1 is 1.08 bits per heavy atom. The van der Waals surface area contributed by atoms with Crippen LogP contribution in [-0.2, 0) is 16.6 Å². The van der Waals surface area contributed by atoms with Gasteiger partial charge in [0.05, 0.1) is 16.6 Å². The van der Waals surface area contributed by atoms with E-state index in [1.54, 1.807) is 18.2 Å². The highest BCUT2D eigenvalue weighted by atomic mass is 32.2. The van der Waals surface area contributed by atoms with Crippen LogP contribution in [0.25, 0.3) is 11.0 Å². The van der Waals surface area contributed by atoms with Gasteiger partial charge in [-0.1, -0.05) is 36.0 Å². The number of aryl methyl sites for hydroxylation is 1. The zero-order chi connectivity index (χ0) is 18.3. The Kier molecular flexibility index (Phi) is 4.24. The predicted molar refractivity (Wildman–Crippen MR) is 101 cm³/mol. The SMILES string of the molecule is CCn1c(SCCN2C(=O)c3ccccc3S2(=O)=O)nc2ccccc21. The van der Waals surface area contributed by atoms with E-state index in [4.69, 9.17) is 0 Å². The first-order valence-electron chi connectivity index (χ1n) is 8.28. The third-order valence-corrected chi connectivity index (χ3v) is 7.17. The normalized spacial score (nSPS) is 15.6. The van der Waals surface area contributed by atoms with Crippen molar-refractivity contribution in [2.75, 3.05) is 12.3 Å². The lowest BCUT2D eigenvalue weighted by atomic mass is 10.2. The minimum absolute atomic E-state index is 0.0933. The third-order valence-electron chi connectivity index (χ3n) is 4.37. The third kappa shape index (κ3) is 2.60. The first kappa shape index (κ1) is 17.1. The van der Waals surface area contributed by atoms with Crippen molar-refractivity contribution >= 4 is 38.7 Å². The summed E-state index contributed by atoms with van der Waals surface area (Å²) >= 11 is 1.46. The van der Waals surface area contributed by atoms with Crippen molar-refractivity contribution in [3.63, 3.8) is 0 Å². The highest BCUT2D eigenvalue weighted by Gasteiger charge is 2.40. The van der Waals surface area contributed by atoms with Crippen LogP contribution in [0, 0.1) is 0 Å². The van der Waals surface area contributed by atoms with Gasteiger partial charge in [0.1, 0.15) is 4.90 Å². The van der Waals surface area contributed by atoms with E-state index < -0.39 is 15.9 Å². The molecule has 0 N–H and O–H groups in total. The van der Waals surface area contributed by atoms with Crippen molar-refractivity contribution in [3.8, 4) is 0 Å². The molecule has 6 nitrogen and oxygen atoms in total. The van der Waals surface area contributed by atoms with Gasteiger partial charge in [0.25, 0.3) is 15.9 Å². The number of carbonyl (C=O) groups excluding carboxylic acids is 1. The number of carbonyl (C=O) groups is 1. The monoisotopic (exact) mass is 387 g/mol. The number of hydrogen-bond donors (Lipinski definition) is 0. The quantitative estimate of drug-likeness (QED) is 0.630. The fourth-order valence-corrected chi connectivity index (χ4v) is 5.83. The van der Waals surface area contributed by atoms with Gasteiger partial charge in [-0.15, -0.1) is 0 Å². The van der Waals surface area contributed by atoms with E-state index in [9.17, 15) is 13.2 Å². The van der Waals surface area contributed by atoms with Gasteiger partial charge in [-0.3, -0.25) is 4.79 Å². The van der Waals surface area contributed by atoms with Gasteiger partial charge in [-0.2, -0.15) is 0 Å². The lowest BCUT2D eigenvalue weighted by molar-refractivity contribution is 0.0876. The molecular formula is C18H17N3O3S2. The highest BCUT2D eigenvalue weighted by molar-refractivity contribution is 7.99. The van der Waals surface area contributed by atoms with Gasteiger partial charge in [0.2, 0.25) is 0 Å². The van der Waals surface area contributed by atoms with Gasteiger partial charge >= 0.3 is 0 Å². The zero-order valence-corrected chi connectivity index (χ0v) is 15.8. The van der Waals surface area contributed by atoms with Gasteiger partial charge in [0.15, 0.2) is 5.16 Å². The van der Waals surface area contributed by atoms with Gasteiger partial charge in [0, 0.05) is 18.8 Å². The van der Waals surface area contributed by atoms with Crippen LogP contribution in [0.1, 0.15) is 17.3 Å². The highest BCUT2D eigenvalue weighted by Crippen LogP contribution is 2.31. The second kappa shape index (κ2) is 6.44. The van der Waals surface area contributed by atoms with Crippen molar-refractivity contribution < 1.29 is 13.2 Å². The number of fused-ring (bicyclic) bond motifs is 2. The summed E-state index contributed by atoms with van der Waals surface area (Å²) in [5.41, 5.74) is 2.21. The molecule has 0 atom stereocenters. The van der Waals surface area contributed by atoms with E-state index in [0.29, 0.717) is 5.75 Å². The van der Waals surface area contributed by atoms with Crippen LogP contribution in [0.3, 0.4) is 0 Å². The Bertz CT molecular complexity index is 1110. The first-order valence-corrected chi connectivity index (χ1v) is 10.7. The summed E-state index contributed by atoms with van der Waals surface area (Å²) in [7, 11) is -3.75. The van der Waals surface area contributed by atoms with Crippen molar-refractivity contribution in [2.24, 2.45) is 0 Å². The van der Waals surface area contributed by atoms with Gasteiger partial charge in [-0.25, -0.2) is 17.7 Å². The molecule has 1 aliphatic heterocycles. The molecule has 0 unspecified atom stereocenters. The molecule has 0 fully saturated rings. The molecule has 4 rings (SSSR count). The summed E-state index contributed by atoms with van der Waals surface area (Å²) in [6, 6.07) is 14.2. The number of nitrogens with zero attached hydrogens (tertiary/aromatic N) is 3. The molecule has 0 saturated heterocycles. The molecule has 2 heterocycles. The minimum atomic E-state index is -3.75. The second-order valence-corrected chi connectivity index (χ2v) is 8.75. The van der Waals surface area contributed by atoms with Crippen molar-refractivity contribution in [3.05, 3.63) is 54.1 Å². The number of rotatable bonds is 5. The van der Waals surface area contributed by atoms with Gasteiger partial charge < -0.3 is 4.57 Å². The van der Waals surface area contributed by atoms with E-state index in [-0.39, 0.29) is 17.0 Å². The molecule has 1 aromatic heterocycles. The largest absolute Gasteiger partial charge is 0.319 e. The first-order chi connectivity index (χ1) is 12.5. The topological polar surface area (TPSA) is 72.3 Å². The fraction of sp³-hybridized carbons (Fsp3) is 0.222. The summed E-state index contributed by atoms with van der Waals surface area (Å²) in [5.74, 6) is -0.00682. The van der Waals surface area contributed by atoms with Crippen LogP contribution in [0.2, 0.25) is 0 Å². The average Bonchev–Trinajstić information content (AvgIpc) is 3.10. The van der Waals surface area contributed by atoms with Crippen LogP contribution in [-0.4, -0.2) is 40.5 Å². The van der Waals surface area contributed by atoms with Crippen molar-refractivity contribution in [1.82, 2.24) is 13.9 Å². The Balaban J connectivity index is 1.54. The van der Waals surface area contributed by atoms with Gasteiger partial charge in [-0.05, 0) is 31.2 Å². The number of para-hydroxylation sites is 2. The molecule has 0 spiro atoms. The maximum Gasteiger partial charge on any atom is 0.269 e. The summed E-state index contributed by atoms with van der Waals surface area (Å²) in [6.07, 6.45) is 0. The lowest BCUT2D eigenvalue weighted by Gasteiger charge is -2.14. The molecule has 0 radical (unpaired) electrons. The number of sulfonamides is 1. The summed E-state index contributed by atoms with van der Waals surface area (Å²) < 4.78 is 28.2. The Hall–Kier alpha value is -2.32. The minimum Gasteiger partial charge on any atom is -0.319 e. The number of aromatic nitrogens is 2. The Labute approximate surface area is 155 Å². The zero-order valence-electron chi connectivity index (χ0n) is 14.1. The number of hydrogen-bond acceptors (Lipinski definition) is 5. The summed E-state index contributed by atoms with van der Waals surface area (Å²) in [4.78, 5) is 17.1. The molecule has 26 heavy (non-hydrogen) atoms. The number of thioether (sulfide) groups is 1. The molecule has 134 valence electrons. The molecular weight excluding hydrogens is 370 g/mol. The van der Waals surface area contributed by atoms with Crippen LogP contribution in [0.4, 0.5) is 0 Å².